The van der Waals surface area contributed by atoms with E-state index in [4.69, 9.17) is 17.3 Å². The van der Waals surface area contributed by atoms with Gasteiger partial charge in [0.25, 0.3) is 0 Å². The molecule has 0 bridgehead atoms. The molecule has 3 N–H and O–H groups in total. The number of nitrogens with one attached hydrogen (secondary N) is 1. The van der Waals surface area contributed by atoms with Gasteiger partial charge in [-0.15, -0.1) is 12.4 Å². The van der Waals surface area contributed by atoms with Crippen molar-refractivity contribution in [2.45, 2.75) is 31.8 Å². The largest absolute Gasteiger partial charge is 0.344 e. The number of carbonyl (C=O) groups is 1. The van der Waals surface area contributed by atoms with Crippen molar-refractivity contribution in [3.05, 3.63) is 70.7 Å². The van der Waals surface area contributed by atoms with Crippen LogP contribution in [0.25, 0.3) is 0 Å². The molecule has 23 heavy (non-hydrogen) atoms. The van der Waals surface area contributed by atoms with Crippen LogP contribution in [0.4, 0.5) is 0 Å². The first-order valence-electron chi connectivity index (χ1n) is 7.48. The molecule has 0 radical (unpaired) electrons. The molecular weight excluding hydrogens is 331 g/mol. The molecule has 0 heterocycles. The van der Waals surface area contributed by atoms with Crippen molar-refractivity contribution < 1.29 is 4.79 Å². The van der Waals surface area contributed by atoms with Crippen LogP contribution in [0.1, 0.15) is 36.9 Å². The minimum absolute atomic E-state index is 0. The summed E-state index contributed by atoms with van der Waals surface area (Å²) in [4.78, 5) is 12.3. The lowest BCUT2D eigenvalue weighted by Gasteiger charge is -2.22. The molecule has 0 saturated carbocycles. The molecule has 0 spiro atoms. The van der Waals surface area contributed by atoms with Gasteiger partial charge in [-0.1, -0.05) is 67.4 Å². The number of halogens is 2. The van der Waals surface area contributed by atoms with E-state index in [1.165, 1.54) is 0 Å². The predicted octanol–water partition coefficient (Wildman–Crippen LogP) is 4.09. The lowest BCUT2D eigenvalue weighted by molar-refractivity contribution is -0.123. The first-order valence-corrected chi connectivity index (χ1v) is 7.86. The fourth-order valence-electron chi connectivity index (χ4n) is 2.35. The lowest BCUT2D eigenvalue weighted by Crippen LogP contribution is -2.42. The number of hydrogen-bond donors (Lipinski definition) is 2. The third-order valence-electron chi connectivity index (χ3n) is 3.56. The zero-order valence-corrected chi connectivity index (χ0v) is 14.6. The Balaban J connectivity index is 0.00000264. The zero-order chi connectivity index (χ0) is 15.9. The van der Waals surface area contributed by atoms with Crippen LogP contribution in [0.5, 0.6) is 0 Å². The number of amides is 1. The second-order valence-electron chi connectivity index (χ2n) is 5.30. The average Bonchev–Trinajstić information content (AvgIpc) is 2.54. The van der Waals surface area contributed by atoms with Gasteiger partial charge in [0.1, 0.15) is 0 Å². The Kier molecular flexibility index (Phi) is 8.10. The first kappa shape index (κ1) is 19.5. The molecule has 2 unspecified atom stereocenters. The number of hydrogen-bond acceptors (Lipinski definition) is 2. The number of benzene rings is 2. The van der Waals surface area contributed by atoms with Gasteiger partial charge in [0.2, 0.25) is 5.91 Å². The first-order chi connectivity index (χ1) is 10.6. The molecule has 2 aromatic rings. The Bertz CT molecular complexity index is 602. The van der Waals surface area contributed by atoms with Crippen LogP contribution < -0.4 is 11.1 Å². The van der Waals surface area contributed by atoms with Gasteiger partial charge in [0, 0.05) is 5.02 Å². The third-order valence-corrected chi connectivity index (χ3v) is 3.81. The Hall–Kier alpha value is -1.55. The van der Waals surface area contributed by atoms with Crippen molar-refractivity contribution in [2.75, 3.05) is 0 Å². The zero-order valence-electron chi connectivity index (χ0n) is 13.0. The van der Waals surface area contributed by atoms with E-state index in [1.54, 1.807) is 0 Å². The summed E-state index contributed by atoms with van der Waals surface area (Å²) in [7, 11) is 0. The van der Waals surface area contributed by atoms with Gasteiger partial charge in [-0.3, -0.25) is 4.79 Å². The highest BCUT2D eigenvalue weighted by atomic mass is 35.5. The summed E-state index contributed by atoms with van der Waals surface area (Å²) in [6.45, 7) is 2.01. The molecule has 0 aliphatic heterocycles. The summed E-state index contributed by atoms with van der Waals surface area (Å²) in [6, 6.07) is 16.6. The van der Waals surface area contributed by atoms with Gasteiger partial charge in [0.15, 0.2) is 0 Å². The van der Waals surface area contributed by atoms with Crippen molar-refractivity contribution in [2.24, 2.45) is 5.73 Å². The van der Waals surface area contributed by atoms with Crippen molar-refractivity contribution in [1.82, 2.24) is 5.32 Å². The highest BCUT2D eigenvalue weighted by Crippen LogP contribution is 2.23. The van der Waals surface area contributed by atoms with Gasteiger partial charge >= 0.3 is 0 Å². The SMILES string of the molecule is CCCC(N)C(=O)NC(c1ccccc1)c1ccc(Cl)cc1.Cl. The molecule has 2 aromatic carbocycles. The van der Waals surface area contributed by atoms with E-state index in [9.17, 15) is 4.79 Å². The van der Waals surface area contributed by atoms with Gasteiger partial charge in [-0.25, -0.2) is 0 Å². The molecule has 2 atom stereocenters. The molecule has 3 nitrogen and oxygen atoms in total. The lowest BCUT2D eigenvalue weighted by atomic mass is 9.98. The maximum absolute atomic E-state index is 12.3. The topological polar surface area (TPSA) is 55.1 Å². The van der Waals surface area contributed by atoms with E-state index in [-0.39, 0.29) is 24.4 Å². The van der Waals surface area contributed by atoms with Crippen molar-refractivity contribution in [1.29, 1.82) is 0 Å². The maximum Gasteiger partial charge on any atom is 0.237 e. The van der Waals surface area contributed by atoms with E-state index >= 15 is 0 Å². The Labute approximate surface area is 148 Å². The van der Waals surface area contributed by atoms with Crippen molar-refractivity contribution in [3.8, 4) is 0 Å². The monoisotopic (exact) mass is 352 g/mol. The summed E-state index contributed by atoms with van der Waals surface area (Å²) < 4.78 is 0. The van der Waals surface area contributed by atoms with Gasteiger partial charge in [-0.05, 0) is 29.7 Å². The van der Waals surface area contributed by atoms with Crippen LogP contribution >= 0.6 is 24.0 Å². The van der Waals surface area contributed by atoms with Crippen LogP contribution in [0, 0.1) is 0 Å². The van der Waals surface area contributed by atoms with Crippen LogP contribution in [-0.2, 0) is 4.79 Å². The van der Waals surface area contributed by atoms with Crippen LogP contribution in [0.3, 0.4) is 0 Å². The number of carbonyl (C=O) groups excluding carboxylic acids is 1. The molecule has 0 saturated heterocycles. The summed E-state index contributed by atoms with van der Waals surface area (Å²) in [5.74, 6) is -0.134. The molecule has 0 aliphatic rings. The Morgan fingerprint density at radius 2 is 1.65 bits per heavy atom. The Morgan fingerprint density at radius 1 is 1.09 bits per heavy atom. The summed E-state index contributed by atoms with van der Waals surface area (Å²) in [5, 5.41) is 3.72. The fourth-order valence-corrected chi connectivity index (χ4v) is 2.48. The van der Waals surface area contributed by atoms with E-state index < -0.39 is 6.04 Å². The fraction of sp³-hybridized carbons (Fsp3) is 0.278. The van der Waals surface area contributed by atoms with Crippen LogP contribution in [-0.4, -0.2) is 11.9 Å². The molecule has 0 aliphatic carbocycles. The van der Waals surface area contributed by atoms with Crippen LogP contribution in [0.2, 0.25) is 5.02 Å². The standard InChI is InChI=1S/C18H21ClN2O.ClH/c1-2-6-16(20)18(22)21-17(13-7-4-3-5-8-13)14-9-11-15(19)12-10-14;/h3-5,7-12,16-17H,2,6,20H2,1H3,(H,21,22);1H. The molecular formula is C18H22Cl2N2O. The van der Waals surface area contributed by atoms with E-state index in [2.05, 4.69) is 5.32 Å². The summed E-state index contributed by atoms with van der Waals surface area (Å²) in [6.07, 6.45) is 1.56. The third kappa shape index (κ3) is 5.54. The maximum atomic E-state index is 12.3. The predicted molar refractivity (Wildman–Crippen MR) is 98.0 cm³/mol. The highest BCUT2D eigenvalue weighted by molar-refractivity contribution is 6.30. The quantitative estimate of drug-likeness (QED) is 0.822. The average molecular weight is 353 g/mol. The molecule has 0 aromatic heterocycles. The van der Waals surface area contributed by atoms with E-state index in [1.807, 2.05) is 61.5 Å². The molecule has 0 fully saturated rings. The van der Waals surface area contributed by atoms with Gasteiger partial charge in [-0.2, -0.15) is 0 Å². The van der Waals surface area contributed by atoms with Crippen molar-refractivity contribution >= 4 is 29.9 Å². The van der Waals surface area contributed by atoms with Crippen molar-refractivity contribution in [3.63, 3.8) is 0 Å². The second kappa shape index (κ2) is 9.56. The van der Waals surface area contributed by atoms with E-state index in [0.717, 1.165) is 17.5 Å². The summed E-state index contributed by atoms with van der Waals surface area (Å²) in [5.41, 5.74) is 7.92. The second-order valence-corrected chi connectivity index (χ2v) is 5.74. The van der Waals surface area contributed by atoms with E-state index in [0.29, 0.717) is 11.4 Å². The smallest absolute Gasteiger partial charge is 0.237 e. The normalized spacial score (nSPS) is 12.8. The molecule has 1 amide bonds. The molecule has 2 rings (SSSR count). The minimum atomic E-state index is -0.483. The number of nitrogens with two attached hydrogens (primary N) is 1. The molecule has 5 heteroatoms. The highest BCUT2D eigenvalue weighted by Gasteiger charge is 2.20. The molecule has 124 valence electrons. The summed E-state index contributed by atoms with van der Waals surface area (Å²) >= 11 is 5.95. The Morgan fingerprint density at radius 3 is 2.22 bits per heavy atom. The van der Waals surface area contributed by atoms with Gasteiger partial charge < -0.3 is 11.1 Å². The number of rotatable bonds is 6. The minimum Gasteiger partial charge on any atom is -0.344 e. The van der Waals surface area contributed by atoms with Gasteiger partial charge in [0.05, 0.1) is 12.1 Å². The van der Waals surface area contributed by atoms with Crippen LogP contribution in [0.15, 0.2) is 54.6 Å².